The lowest BCUT2D eigenvalue weighted by atomic mass is 10.1. The number of rotatable bonds is 5. The van der Waals surface area contributed by atoms with Crippen LogP contribution in [0, 0.1) is 17.2 Å². The second-order valence-corrected chi connectivity index (χ2v) is 4.33. The molecule has 0 aliphatic heterocycles. The van der Waals surface area contributed by atoms with Gasteiger partial charge in [-0.05, 0) is 32.0 Å². The number of nitrogens with zero attached hydrogens (tertiary/aromatic N) is 2. The van der Waals surface area contributed by atoms with Crippen LogP contribution >= 0.6 is 0 Å². The molecule has 1 atom stereocenters. The number of nitriles is 1. The van der Waals surface area contributed by atoms with E-state index >= 15 is 0 Å². The molecule has 19 heavy (non-hydrogen) atoms. The van der Waals surface area contributed by atoms with Crippen molar-refractivity contribution in [1.82, 2.24) is 4.90 Å². The molecule has 0 radical (unpaired) electrons. The summed E-state index contributed by atoms with van der Waals surface area (Å²) in [5, 5.41) is 8.83. The molecule has 0 aliphatic rings. The van der Waals surface area contributed by atoms with Crippen LogP contribution in [0.1, 0.15) is 24.2 Å². The molecule has 1 unspecified atom stereocenters. The average molecular weight is 261 g/mol. The van der Waals surface area contributed by atoms with Crippen LogP contribution in [-0.4, -0.2) is 31.0 Å². The van der Waals surface area contributed by atoms with Gasteiger partial charge in [-0.2, -0.15) is 5.26 Å². The highest BCUT2D eigenvalue weighted by molar-refractivity contribution is 5.95. The number of hydrogen-bond acceptors (Lipinski definition) is 4. The second kappa shape index (κ2) is 6.64. The van der Waals surface area contributed by atoms with Crippen molar-refractivity contribution < 1.29 is 9.53 Å². The summed E-state index contributed by atoms with van der Waals surface area (Å²) in [6.07, 6.45) is 0. The normalized spacial score (nSPS) is 11.5. The number of nitrogen functional groups attached to an aromatic ring is 1. The van der Waals surface area contributed by atoms with E-state index in [-0.39, 0.29) is 11.8 Å². The fraction of sp³-hybridized carbons (Fsp3) is 0.429. The molecular weight excluding hydrogens is 242 g/mol. The Labute approximate surface area is 113 Å². The number of nitrogens with two attached hydrogens (primary N) is 1. The van der Waals surface area contributed by atoms with Gasteiger partial charge in [0.15, 0.2) is 0 Å². The van der Waals surface area contributed by atoms with Crippen LogP contribution in [0.5, 0.6) is 5.75 Å². The van der Waals surface area contributed by atoms with Crippen molar-refractivity contribution in [2.75, 3.05) is 25.9 Å². The largest absolute Gasteiger partial charge is 0.495 e. The number of benzene rings is 1. The number of carbonyl (C=O) groups is 1. The van der Waals surface area contributed by atoms with Crippen LogP contribution in [0.25, 0.3) is 0 Å². The first-order valence-corrected chi connectivity index (χ1v) is 6.15. The number of ether oxygens (including phenoxy) is 1. The van der Waals surface area contributed by atoms with E-state index in [9.17, 15) is 4.79 Å². The standard InChI is InChI=1S/C14H19N3O2/c1-4-17(9-10(2)8-15)14(18)11-5-6-12(16)13(7-11)19-3/h5-7,10H,4,9,16H2,1-3H3. The van der Waals surface area contributed by atoms with Gasteiger partial charge in [-0.15, -0.1) is 0 Å². The summed E-state index contributed by atoms with van der Waals surface area (Å²) in [4.78, 5) is 14.0. The first kappa shape index (κ1) is 14.8. The van der Waals surface area contributed by atoms with E-state index in [0.29, 0.717) is 30.1 Å². The third-order valence-corrected chi connectivity index (χ3v) is 2.86. The highest BCUT2D eigenvalue weighted by Gasteiger charge is 2.17. The van der Waals surface area contributed by atoms with Crippen molar-refractivity contribution >= 4 is 11.6 Å². The van der Waals surface area contributed by atoms with Crippen molar-refractivity contribution in [1.29, 1.82) is 5.26 Å². The Hall–Kier alpha value is -2.22. The highest BCUT2D eigenvalue weighted by Crippen LogP contribution is 2.23. The second-order valence-electron chi connectivity index (χ2n) is 4.33. The minimum absolute atomic E-state index is 0.122. The third kappa shape index (κ3) is 3.62. The Balaban J connectivity index is 2.95. The first-order chi connectivity index (χ1) is 9.03. The van der Waals surface area contributed by atoms with Crippen LogP contribution in [0.2, 0.25) is 0 Å². The van der Waals surface area contributed by atoms with Gasteiger partial charge in [0.2, 0.25) is 0 Å². The summed E-state index contributed by atoms with van der Waals surface area (Å²) in [5.41, 5.74) is 6.72. The summed E-state index contributed by atoms with van der Waals surface area (Å²) in [6, 6.07) is 7.06. The predicted molar refractivity (Wildman–Crippen MR) is 73.8 cm³/mol. The molecule has 2 N–H and O–H groups in total. The van der Waals surface area contributed by atoms with Gasteiger partial charge in [-0.1, -0.05) is 0 Å². The van der Waals surface area contributed by atoms with Crippen LogP contribution in [-0.2, 0) is 0 Å². The Bertz CT molecular complexity index is 494. The molecule has 1 rings (SSSR count). The van der Waals surface area contributed by atoms with E-state index in [4.69, 9.17) is 15.7 Å². The van der Waals surface area contributed by atoms with Gasteiger partial charge in [-0.25, -0.2) is 0 Å². The summed E-state index contributed by atoms with van der Waals surface area (Å²) in [7, 11) is 1.51. The van der Waals surface area contributed by atoms with E-state index in [1.165, 1.54) is 7.11 Å². The van der Waals surface area contributed by atoms with E-state index in [2.05, 4.69) is 6.07 Å². The number of hydrogen-bond donors (Lipinski definition) is 1. The summed E-state index contributed by atoms with van der Waals surface area (Å²) < 4.78 is 5.10. The molecule has 5 nitrogen and oxygen atoms in total. The van der Waals surface area contributed by atoms with Gasteiger partial charge in [-0.3, -0.25) is 4.79 Å². The number of amides is 1. The fourth-order valence-corrected chi connectivity index (χ4v) is 1.75. The molecule has 1 amide bonds. The first-order valence-electron chi connectivity index (χ1n) is 6.15. The molecule has 0 bridgehead atoms. The van der Waals surface area contributed by atoms with E-state index < -0.39 is 0 Å². The van der Waals surface area contributed by atoms with Gasteiger partial charge < -0.3 is 15.4 Å². The van der Waals surface area contributed by atoms with Crippen molar-refractivity contribution in [2.45, 2.75) is 13.8 Å². The van der Waals surface area contributed by atoms with E-state index in [1.807, 2.05) is 6.92 Å². The lowest BCUT2D eigenvalue weighted by Gasteiger charge is -2.22. The Morgan fingerprint density at radius 3 is 2.79 bits per heavy atom. The Kier molecular flexibility index (Phi) is 5.19. The zero-order chi connectivity index (χ0) is 14.4. The molecule has 0 heterocycles. The average Bonchev–Trinajstić information content (AvgIpc) is 2.44. The van der Waals surface area contributed by atoms with Crippen LogP contribution < -0.4 is 10.5 Å². The molecule has 0 saturated carbocycles. The zero-order valence-electron chi connectivity index (χ0n) is 11.5. The van der Waals surface area contributed by atoms with Crippen LogP contribution in [0.3, 0.4) is 0 Å². The molecule has 0 spiro atoms. The molecule has 0 aromatic heterocycles. The molecule has 102 valence electrons. The molecular formula is C14H19N3O2. The van der Waals surface area contributed by atoms with E-state index in [1.54, 1.807) is 30.0 Å². The predicted octanol–water partition coefficient (Wildman–Crippen LogP) is 1.90. The molecule has 0 aliphatic carbocycles. The lowest BCUT2D eigenvalue weighted by molar-refractivity contribution is 0.0752. The van der Waals surface area contributed by atoms with Gasteiger partial charge in [0.05, 0.1) is 24.8 Å². The van der Waals surface area contributed by atoms with Crippen LogP contribution in [0.4, 0.5) is 5.69 Å². The van der Waals surface area contributed by atoms with Gasteiger partial charge in [0.25, 0.3) is 5.91 Å². The van der Waals surface area contributed by atoms with Crippen molar-refractivity contribution in [2.24, 2.45) is 5.92 Å². The maximum atomic E-state index is 12.3. The number of anilines is 1. The van der Waals surface area contributed by atoms with Gasteiger partial charge in [0, 0.05) is 18.7 Å². The minimum Gasteiger partial charge on any atom is -0.495 e. The number of methoxy groups -OCH3 is 1. The van der Waals surface area contributed by atoms with Crippen molar-refractivity contribution in [3.63, 3.8) is 0 Å². The van der Waals surface area contributed by atoms with E-state index in [0.717, 1.165) is 0 Å². The Morgan fingerprint density at radius 1 is 1.58 bits per heavy atom. The van der Waals surface area contributed by atoms with Gasteiger partial charge in [0.1, 0.15) is 5.75 Å². The number of carbonyl (C=O) groups excluding carboxylic acids is 1. The molecule has 1 aromatic carbocycles. The quantitative estimate of drug-likeness (QED) is 0.821. The van der Waals surface area contributed by atoms with Crippen LogP contribution in [0.15, 0.2) is 18.2 Å². The lowest BCUT2D eigenvalue weighted by Crippen LogP contribution is -2.34. The SMILES string of the molecule is CCN(CC(C)C#N)C(=O)c1ccc(N)c(OC)c1. The fourth-order valence-electron chi connectivity index (χ4n) is 1.75. The van der Waals surface area contributed by atoms with Gasteiger partial charge >= 0.3 is 0 Å². The summed E-state index contributed by atoms with van der Waals surface area (Å²) in [6.45, 7) is 4.64. The molecule has 0 saturated heterocycles. The smallest absolute Gasteiger partial charge is 0.254 e. The summed E-state index contributed by atoms with van der Waals surface area (Å²) >= 11 is 0. The molecule has 0 fully saturated rings. The zero-order valence-corrected chi connectivity index (χ0v) is 11.5. The van der Waals surface area contributed by atoms with Crippen molar-refractivity contribution in [3.8, 4) is 11.8 Å². The Morgan fingerprint density at radius 2 is 2.26 bits per heavy atom. The van der Waals surface area contributed by atoms with Crippen molar-refractivity contribution in [3.05, 3.63) is 23.8 Å². The maximum Gasteiger partial charge on any atom is 0.254 e. The maximum absolute atomic E-state index is 12.3. The topological polar surface area (TPSA) is 79.4 Å². The summed E-state index contributed by atoms with van der Waals surface area (Å²) in [5.74, 6) is 0.165. The minimum atomic E-state index is -0.195. The third-order valence-electron chi connectivity index (χ3n) is 2.86. The highest BCUT2D eigenvalue weighted by atomic mass is 16.5. The monoisotopic (exact) mass is 261 g/mol. The molecule has 5 heteroatoms. The molecule has 1 aromatic rings.